The van der Waals surface area contributed by atoms with E-state index in [0.29, 0.717) is 28.4 Å². The molecule has 2 aromatic rings. The predicted molar refractivity (Wildman–Crippen MR) is 101 cm³/mol. The molecule has 0 saturated heterocycles. The summed E-state index contributed by atoms with van der Waals surface area (Å²) in [6.07, 6.45) is 9.03. The van der Waals surface area contributed by atoms with E-state index in [0.717, 1.165) is 11.3 Å². The summed E-state index contributed by atoms with van der Waals surface area (Å²) in [5.41, 5.74) is 8.70. The van der Waals surface area contributed by atoms with Gasteiger partial charge in [-0.25, -0.2) is 9.97 Å². The standard InChI is InChI=1S/C18H24ClN5/c1-12-14(19)9-6-10-15(12)24-18-16(20)17(21-11-22-18)23-13-7-4-2-3-5-8-13/h6,9-11,13H,2-5,7-8,20H2,1H3,(H2,21,22,23,24). The Bertz CT molecular complexity index is 696. The van der Waals surface area contributed by atoms with Gasteiger partial charge in [-0.1, -0.05) is 43.4 Å². The number of nitrogens with one attached hydrogen (secondary N) is 2. The first-order valence-electron chi connectivity index (χ1n) is 8.54. The van der Waals surface area contributed by atoms with E-state index in [9.17, 15) is 0 Å². The maximum absolute atomic E-state index is 6.29. The van der Waals surface area contributed by atoms with Crippen molar-refractivity contribution in [2.45, 2.75) is 51.5 Å². The van der Waals surface area contributed by atoms with Gasteiger partial charge < -0.3 is 16.4 Å². The maximum Gasteiger partial charge on any atom is 0.159 e. The van der Waals surface area contributed by atoms with Gasteiger partial charge in [0.1, 0.15) is 12.0 Å². The maximum atomic E-state index is 6.29. The zero-order valence-corrected chi connectivity index (χ0v) is 14.7. The van der Waals surface area contributed by atoms with Crippen molar-refractivity contribution in [1.29, 1.82) is 0 Å². The molecule has 0 amide bonds. The monoisotopic (exact) mass is 345 g/mol. The molecule has 1 saturated carbocycles. The molecule has 1 aromatic carbocycles. The van der Waals surface area contributed by atoms with Crippen molar-refractivity contribution in [1.82, 2.24) is 9.97 Å². The Balaban J connectivity index is 1.78. The molecule has 0 radical (unpaired) electrons. The Hall–Kier alpha value is -2.01. The van der Waals surface area contributed by atoms with Crippen LogP contribution in [0, 0.1) is 6.92 Å². The van der Waals surface area contributed by atoms with Gasteiger partial charge in [-0.15, -0.1) is 0 Å². The highest BCUT2D eigenvalue weighted by molar-refractivity contribution is 6.31. The van der Waals surface area contributed by atoms with Gasteiger partial charge in [0.2, 0.25) is 0 Å². The summed E-state index contributed by atoms with van der Waals surface area (Å²) >= 11 is 6.18. The first kappa shape index (κ1) is 16.8. The van der Waals surface area contributed by atoms with E-state index in [1.54, 1.807) is 0 Å². The Morgan fingerprint density at radius 1 is 1.08 bits per heavy atom. The summed E-state index contributed by atoms with van der Waals surface area (Å²) in [5.74, 6) is 1.31. The molecule has 1 fully saturated rings. The van der Waals surface area contributed by atoms with E-state index >= 15 is 0 Å². The van der Waals surface area contributed by atoms with E-state index in [1.165, 1.54) is 44.9 Å². The minimum Gasteiger partial charge on any atom is -0.393 e. The average Bonchev–Trinajstić information content (AvgIpc) is 2.84. The number of nitrogen functional groups attached to an aromatic ring is 1. The Labute approximate surface area is 148 Å². The fourth-order valence-corrected chi connectivity index (χ4v) is 3.27. The summed E-state index contributed by atoms with van der Waals surface area (Å²) in [6.45, 7) is 1.97. The SMILES string of the molecule is Cc1c(Cl)cccc1Nc1ncnc(NC2CCCCCC2)c1N. The largest absolute Gasteiger partial charge is 0.393 e. The average molecular weight is 346 g/mol. The highest BCUT2D eigenvalue weighted by atomic mass is 35.5. The number of benzene rings is 1. The third-order valence-corrected chi connectivity index (χ3v) is 5.01. The van der Waals surface area contributed by atoms with E-state index in [1.807, 2.05) is 25.1 Å². The van der Waals surface area contributed by atoms with Crippen LogP contribution in [0.25, 0.3) is 0 Å². The summed E-state index contributed by atoms with van der Waals surface area (Å²) in [6, 6.07) is 6.16. The Kier molecular flexibility index (Phi) is 5.41. The second-order valence-corrected chi connectivity index (χ2v) is 6.76. The molecule has 24 heavy (non-hydrogen) atoms. The molecule has 1 aliphatic rings. The number of nitrogens with two attached hydrogens (primary N) is 1. The van der Waals surface area contributed by atoms with E-state index in [2.05, 4.69) is 20.6 Å². The lowest BCUT2D eigenvalue weighted by Gasteiger charge is -2.19. The molecule has 6 heteroatoms. The molecule has 5 nitrogen and oxygen atoms in total. The van der Waals surface area contributed by atoms with Gasteiger partial charge >= 0.3 is 0 Å². The van der Waals surface area contributed by atoms with Gasteiger partial charge in [-0.3, -0.25) is 0 Å². The van der Waals surface area contributed by atoms with Crippen molar-refractivity contribution >= 4 is 34.6 Å². The van der Waals surface area contributed by atoms with Crippen molar-refractivity contribution in [2.24, 2.45) is 0 Å². The van der Waals surface area contributed by atoms with E-state index in [4.69, 9.17) is 17.3 Å². The third kappa shape index (κ3) is 3.90. The zero-order chi connectivity index (χ0) is 16.9. The second kappa shape index (κ2) is 7.71. The number of anilines is 4. The molecular weight excluding hydrogens is 322 g/mol. The first-order valence-corrected chi connectivity index (χ1v) is 8.92. The molecule has 0 bridgehead atoms. The fourth-order valence-electron chi connectivity index (χ4n) is 3.10. The molecular formula is C18H24ClN5. The molecule has 1 heterocycles. The van der Waals surface area contributed by atoms with Crippen LogP contribution in [0.4, 0.5) is 23.0 Å². The molecule has 0 unspecified atom stereocenters. The number of hydrogen-bond acceptors (Lipinski definition) is 5. The van der Waals surface area contributed by atoms with Crippen LogP contribution >= 0.6 is 11.6 Å². The molecule has 3 rings (SSSR count). The predicted octanol–water partition coefficient (Wildman–Crippen LogP) is 4.90. The summed E-state index contributed by atoms with van der Waals surface area (Å²) in [4.78, 5) is 8.62. The van der Waals surface area contributed by atoms with E-state index < -0.39 is 0 Å². The molecule has 128 valence electrons. The van der Waals surface area contributed by atoms with Gasteiger partial charge in [0, 0.05) is 16.8 Å². The normalized spacial score (nSPS) is 15.8. The van der Waals surface area contributed by atoms with E-state index in [-0.39, 0.29) is 0 Å². The van der Waals surface area contributed by atoms with Crippen molar-refractivity contribution in [3.8, 4) is 0 Å². The lowest BCUT2D eigenvalue weighted by atomic mass is 10.1. The molecule has 1 aliphatic carbocycles. The molecule has 4 N–H and O–H groups in total. The second-order valence-electron chi connectivity index (χ2n) is 6.35. The highest BCUT2D eigenvalue weighted by Gasteiger charge is 2.16. The number of rotatable bonds is 4. The van der Waals surface area contributed by atoms with Crippen LogP contribution in [-0.4, -0.2) is 16.0 Å². The van der Waals surface area contributed by atoms with Crippen molar-refractivity contribution in [3.05, 3.63) is 35.1 Å². The lowest BCUT2D eigenvalue weighted by Crippen LogP contribution is -2.20. The van der Waals surface area contributed by atoms with Gasteiger partial charge in [-0.2, -0.15) is 0 Å². The van der Waals surface area contributed by atoms with Crippen LogP contribution in [0.3, 0.4) is 0 Å². The number of nitrogens with zero attached hydrogens (tertiary/aromatic N) is 2. The van der Waals surface area contributed by atoms with Crippen LogP contribution < -0.4 is 16.4 Å². The Morgan fingerprint density at radius 3 is 2.54 bits per heavy atom. The first-order chi connectivity index (χ1) is 11.6. The Morgan fingerprint density at radius 2 is 1.79 bits per heavy atom. The van der Waals surface area contributed by atoms with Gasteiger partial charge in [0.05, 0.1) is 0 Å². The lowest BCUT2D eigenvalue weighted by molar-refractivity contribution is 0.618. The van der Waals surface area contributed by atoms with Crippen molar-refractivity contribution in [3.63, 3.8) is 0 Å². The fraction of sp³-hybridized carbons (Fsp3) is 0.444. The van der Waals surface area contributed by atoms with Crippen molar-refractivity contribution < 1.29 is 0 Å². The van der Waals surface area contributed by atoms with Gasteiger partial charge in [0.15, 0.2) is 11.6 Å². The molecule has 1 aromatic heterocycles. The topological polar surface area (TPSA) is 75.9 Å². The minimum atomic E-state index is 0.436. The molecule has 0 atom stereocenters. The quantitative estimate of drug-likeness (QED) is 0.687. The number of halogens is 1. The highest BCUT2D eigenvalue weighted by Crippen LogP contribution is 2.31. The number of aromatic nitrogens is 2. The van der Waals surface area contributed by atoms with Crippen LogP contribution in [-0.2, 0) is 0 Å². The number of hydrogen-bond donors (Lipinski definition) is 3. The van der Waals surface area contributed by atoms with Crippen LogP contribution in [0.2, 0.25) is 5.02 Å². The van der Waals surface area contributed by atoms with Crippen LogP contribution in [0.1, 0.15) is 44.1 Å². The molecule has 0 spiro atoms. The summed E-state index contributed by atoms with van der Waals surface area (Å²) in [7, 11) is 0. The third-order valence-electron chi connectivity index (χ3n) is 4.60. The van der Waals surface area contributed by atoms with Gasteiger partial charge in [0.25, 0.3) is 0 Å². The smallest absolute Gasteiger partial charge is 0.159 e. The molecule has 0 aliphatic heterocycles. The summed E-state index contributed by atoms with van der Waals surface area (Å²) < 4.78 is 0. The van der Waals surface area contributed by atoms with Gasteiger partial charge in [-0.05, 0) is 37.5 Å². The zero-order valence-electron chi connectivity index (χ0n) is 14.0. The minimum absolute atomic E-state index is 0.436. The van der Waals surface area contributed by atoms with Crippen LogP contribution in [0.5, 0.6) is 0 Å². The van der Waals surface area contributed by atoms with Crippen LogP contribution in [0.15, 0.2) is 24.5 Å². The summed E-state index contributed by atoms with van der Waals surface area (Å²) in [5, 5.41) is 7.48. The van der Waals surface area contributed by atoms with Crippen molar-refractivity contribution in [2.75, 3.05) is 16.4 Å².